The van der Waals surface area contributed by atoms with E-state index in [0.717, 1.165) is 24.2 Å². The van der Waals surface area contributed by atoms with Crippen molar-refractivity contribution in [1.29, 1.82) is 0 Å². The summed E-state index contributed by atoms with van der Waals surface area (Å²) in [6, 6.07) is 9.97. The number of thiophene rings is 1. The predicted molar refractivity (Wildman–Crippen MR) is 105 cm³/mol. The smallest absolute Gasteiger partial charge is 0.345 e. The molecule has 2 amide bonds. The van der Waals surface area contributed by atoms with Crippen LogP contribution in [0, 0.1) is 0 Å². The van der Waals surface area contributed by atoms with Gasteiger partial charge in [0.2, 0.25) is 0 Å². The molecule has 3 rings (SSSR count). The third kappa shape index (κ3) is 4.54. The molecule has 7 heteroatoms. The average Bonchev–Trinajstić information content (AvgIpc) is 3.19. The van der Waals surface area contributed by atoms with Gasteiger partial charge in [-0.2, -0.15) is 0 Å². The number of carbonyl (C=O) groups is 3. The average molecular weight is 386 g/mol. The molecule has 6 nitrogen and oxygen atoms in total. The van der Waals surface area contributed by atoms with E-state index in [1.165, 1.54) is 31.4 Å². The van der Waals surface area contributed by atoms with Gasteiger partial charge in [0.05, 0.1) is 4.88 Å². The van der Waals surface area contributed by atoms with E-state index in [4.69, 9.17) is 5.11 Å². The maximum atomic E-state index is 12.7. The van der Waals surface area contributed by atoms with Crippen molar-refractivity contribution in [3.05, 3.63) is 51.7 Å². The van der Waals surface area contributed by atoms with Gasteiger partial charge in [-0.1, -0.05) is 19.3 Å². The van der Waals surface area contributed by atoms with Gasteiger partial charge >= 0.3 is 5.97 Å². The minimum absolute atomic E-state index is 0.0101. The van der Waals surface area contributed by atoms with Gasteiger partial charge in [-0.05, 0) is 49.2 Å². The Hall–Kier alpha value is -2.67. The molecule has 0 unspecified atom stereocenters. The third-order valence-corrected chi connectivity index (χ3v) is 5.95. The molecule has 1 aliphatic rings. The quantitative estimate of drug-likeness (QED) is 0.810. The van der Waals surface area contributed by atoms with Crippen LogP contribution in [0.15, 0.2) is 36.4 Å². The first-order valence-corrected chi connectivity index (χ1v) is 9.79. The van der Waals surface area contributed by atoms with E-state index in [2.05, 4.69) is 5.32 Å². The van der Waals surface area contributed by atoms with E-state index in [1.807, 2.05) is 11.9 Å². The summed E-state index contributed by atoms with van der Waals surface area (Å²) in [5.41, 5.74) is 1.15. The fourth-order valence-corrected chi connectivity index (χ4v) is 4.04. The fraction of sp³-hybridized carbons (Fsp3) is 0.350. The van der Waals surface area contributed by atoms with Crippen LogP contribution >= 0.6 is 11.3 Å². The summed E-state index contributed by atoms with van der Waals surface area (Å²) in [5.74, 6) is -1.43. The largest absolute Gasteiger partial charge is 0.477 e. The molecule has 0 spiro atoms. The van der Waals surface area contributed by atoms with Crippen molar-refractivity contribution < 1.29 is 19.5 Å². The molecule has 27 heavy (non-hydrogen) atoms. The Kier molecular flexibility index (Phi) is 5.91. The highest BCUT2D eigenvalue weighted by Crippen LogP contribution is 2.23. The molecule has 2 aromatic rings. The van der Waals surface area contributed by atoms with Crippen LogP contribution in [-0.4, -0.2) is 40.9 Å². The number of nitrogens with one attached hydrogen (secondary N) is 1. The van der Waals surface area contributed by atoms with Crippen molar-refractivity contribution in [3.8, 4) is 0 Å². The first-order valence-electron chi connectivity index (χ1n) is 8.97. The minimum atomic E-state index is -1.05. The van der Waals surface area contributed by atoms with Gasteiger partial charge < -0.3 is 15.3 Å². The standard InChI is InChI=1S/C20H22N2O4S/c1-22(15-5-3-2-4-6-15)19(24)13-7-9-14(10-8-13)21-18(23)16-11-12-17(27-16)20(25)26/h7-12,15H,2-6H2,1H3,(H,21,23)(H,25,26). The van der Waals surface area contributed by atoms with Crippen LogP contribution in [0.1, 0.15) is 61.8 Å². The lowest BCUT2D eigenvalue weighted by atomic mass is 9.94. The Morgan fingerprint density at radius 1 is 1.00 bits per heavy atom. The van der Waals surface area contributed by atoms with Gasteiger partial charge in [-0.25, -0.2) is 4.79 Å². The van der Waals surface area contributed by atoms with Gasteiger partial charge in [0.1, 0.15) is 4.88 Å². The van der Waals surface area contributed by atoms with Crippen molar-refractivity contribution in [2.45, 2.75) is 38.1 Å². The number of benzene rings is 1. The molecule has 1 aromatic carbocycles. The van der Waals surface area contributed by atoms with E-state index >= 15 is 0 Å². The van der Waals surface area contributed by atoms with Gasteiger partial charge in [-0.3, -0.25) is 9.59 Å². The first kappa shape index (κ1) is 19.1. The zero-order chi connectivity index (χ0) is 19.4. The molecule has 0 saturated heterocycles. The molecule has 1 fully saturated rings. The Morgan fingerprint density at radius 3 is 2.22 bits per heavy atom. The molecule has 1 heterocycles. The highest BCUT2D eigenvalue weighted by molar-refractivity contribution is 7.15. The number of amides is 2. The molecule has 0 aliphatic heterocycles. The Bertz CT molecular complexity index is 838. The molecule has 0 radical (unpaired) electrons. The molecule has 1 aromatic heterocycles. The molecule has 2 N–H and O–H groups in total. The Balaban J connectivity index is 1.63. The lowest BCUT2D eigenvalue weighted by Gasteiger charge is -2.31. The van der Waals surface area contributed by atoms with Crippen molar-refractivity contribution in [3.63, 3.8) is 0 Å². The molecule has 1 saturated carbocycles. The van der Waals surface area contributed by atoms with Crippen LogP contribution in [-0.2, 0) is 0 Å². The summed E-state index contributed by atoms with van der Waals surface area (Å²) in [6.45, 7) is 0. The summed E-state index contributed by atoms with van der Waals surface area (Å²) in [7, 11) is 1.85. The number of aromatic carboxylic acids is 1. The highest BCUT2D eigenvalue weighted by atomic mass is 32.1. The molecular weight excluding hydrogens is 364 g/mol. The SMILES string of the molecule is CN(C(=O)c1ccc(NC(=O)c2ccc(C(=O)O)s2)cc1)C1CCCCC1. The van der Waals surface area contributed by atoms with Crippen molar-refractivity contribution >= 4 is 34.8 Å². The number of nitrogens with zero attached hydrogens (tertiary/aromatic N) is 1. The second kappa shape index (κ2) is 8.35. The Labute approximate surface area is 161 Å². The molecule has 0 bridgehead atoms. The lowest BCUT2D eigenvalue weighted by Crippen LogP contribution is -2.38. The van der Waals surface area contributed by atoms with Gasteiger partial charge in [0.15, 0.2) is 0 Å². The summed E-state index contributed by atoms with van der Waals surface area (Å²) in [6.07, 6.45) is 5.68. The van der Waals surface area contributed by atoms with E-state index < -0.39 is 5.97 Å². The van der Waals surface area contributed by atoms with Crippen LogP contribution < -0.4 is 5.32 Å². The molecule has 0 atom stereocenters. The van der Waals surface area contributed by atoms with Crippen LogP contribution in [0.3, 0.4) is 0 Å². The number of hydrogen-bond acceptors (Lipinski definition) is 4. The third-order valence-electron chi connectivity index (χ3n) is 4.87. The fourth-order valence-electron chi connectivity index (χ4n) is 3.30. The number of hydrogen-bond donors (Lipinski definition) is 2. The monoisotopic (exact) mass is 386 g/mol. The van der Waals surface area contributed by atoms with E-state index in [0.29, 0.717) is 22.2 Å². The van der Waals surface area contributed by atoms with Crippen molar-refractivity contribution in [2.24, 2.45) is 0 Å². The number of anilines is 1. The number of carbonyl (C=O) groups excluding carboxylic acids is 2. The van der Waals surface area contributed by atoms with Gasteiger partial charge in [0.25, 0.3) is 11.8 Å². The molecule has 1 aliphatic carbocycles. The van der Waals surface area contributed by atoms with Crippen LogP contribution in [0.4, 0.5) is 5.69 Å². The van der Waals surface area contributed by atoms with Crippen LogP contribution in [0.5, 0.6) is 0 Å². The lowest BCUT2D eigenvalue weighted by molar-refractivity contribution is 0.0689. The number of carboxylic acids is 1. The van der Waals surface area contributed by atoms with Crippen LogP contribution in [0.25, 0.3) is 0 Å². The second-order valence-corrected chi connectivity index (χ2v) is 7.79. The maximum Gasteiger partial charge on any atom is 0.345 e. The topological polar surface area (TPSA) is 86.7 Å². The zero-order valence-electron chi connectivity index (χ0n) is 15.1. The maximum absolute atomic E-state index is 12.7. The van der Waals surface area contributed by atoms with Gasteiger partial charge in [-0.15, -0.1) is 11.3 Å². The summed E-state index contributed by atoms with van der Waals surface area (Å²) < 4.78 is 0. The highest BCUT2D eigenvalue weighted by Gasteiger charge is 2.23. The number of carboxylic acid groups (broad SMARTS) is 1. The predicted octanol–water partition coefficient (Wildman–Crippen LogP) is 4.10. The van der Waals surface area contributed by atoms with Crippen molar-refractivity contribution in [1.82, 2.24) is 4.90 Å². The van der Waals surface area contributed by atoms with E-state index in [1.54, 1.807) is 24.3 Å². The van der Waals surface area contributed by atoms with E-state index in [9.17, 15) is 14.4 Å². The summed E-state index contributed by atoms with van der Waals surface area (Å²) >= 11 is 0.924. The van der Waals surface area contributed by atoms with Crippen LogP contribution in [0.2, 0.25) is 0 Å². The van der Waals surface area contributed by atoms with E-state index in [-0.39, 0.29) is 16.7 Å². The Morgan fingerprint density at radius 2 is 1.63 bits per heavy atom. The normalized spacial score (nSPS) is 14.6. The minimum Gasteiger partial charge on any atom is -0.477 e. The van der Waals surface area contributed by atoms with Gasteiger partial charge in [0, 0.05) is 24.3 Å². The first-order chi connectivity index (χ1) is 13.0. The summed E-state index contributed by atoms with van der Waals surface area (Å²) in [5, 5.41) is 11.7. The summed E-state index contributed by atoms with van der Waals surface area (Å²) in [4.78, 5) is 38.0. The molecule has 142 valence electrons. The van der Waals surface area contributed by atoms with Crippen molar-refractivity contribution in [2.75, 3.05) is 12.4 Å². The number of rotatable bonds is 5. The molecular formula is C20H22N2O4S. The second-order valence-electron chi connectivity index (χ2n) is 6.71. The zero-order valence-corrected chi connectivity index (χ0v) is 15.9.